The Bertz CT molecular complexity index is 605. The van der Waals surface area contributed by atoms with Gasteiger partial charge in [-0.1, -0.05) is 11.6 Å². The van der Waals surface area contributed by atoms with E-state index in [4.69, 9.17) is 16.3 Å². The van der Waals surface area contributed by atoms with E-state index in [1.807, 2.05) is 4.90 Å². The standard InChI is InChI=1S/C17H25ClN4O3/c1-17(2,24)8-14-5-7-22(16(23)25-14)13-4-3-6-21(11-13)15-19-9-12(18)10-20-15/h9-10,13-14,24H,3-8,11H2,1-2H3. The molecule has 0 spiro atoms. The summed E-state index contributed by atoms with van der Waals surface area (Å²) in [6.45, 7) is 5.67. The van der Waals surface area contributed by atoms with Gasteiger partial charge in [-0.25, -0.2) is 14.8 Å². The summed E-state index contributed by atoms with van der Waals surface area (Å²) in [6.07, 6.45) is 5.77. The van der Waals surface area contributed by atoms with Gasteiger partial charge in [-0.3, -0.25) is 0 Å². The van der Waals surface area contributed by atoms with Gasteiger partial charge in [-0.05, 0) is 26.7 Å². The summed E-state index contributed by atoms with van der Waals surface area (Å²) in [6, 6.07) is 0.0867. The number of carbonyl (C=O) groups is 1. The zero-order chi connectivity index (χ0) is 18.0. The van der Waals surface area contributed by atoms with Gasteiger partial charge in [0.1, 0.15) is 6.10 Å². The average Bonchev–Trinajstić information content (AvgIpc) is 2.54. The lowest BCUT2D eigenvalue weighted by molar-refractivity contribution is -0.0327. The number of cyclic esters (lactones) is 1. The molecule has 0 aromatic carbocycles. The van der Waals surface area contributed by atoms with Gasteiger partial charge < -0.3 is 19.6 Å². The molecule has 2 unspecified atom stereocenters. The highest BCUT2D eigenvalue weighted by atomic mass is 35.5. The maximum Gasteiger partial charge on any atom is 0.410 e. The van der Waals surface area contributed by atoms with Crippen molar-refractivity contribution in [1.82, 2.24) is 14.9 Å². The van der Waals surface area contributed by atoms with E-state index in [1.165, 1.54) is 0 Å². The Labute approximate surface area is 152 Å². The van der Waals surface area contributed by atoms with Crippen LogP contribution in [-0.2, 0) is 4.74 Å². The van der Waals surface area contributed by atoms with E-state index >= 15 is 0 Å². The first-order valence-corrected chi connectivity index (χ1v) is 9.12. The summed E-state index contributed by atoms with van der Waals surface area (Å²) in [7, 11) is 0. The number of nitrogens with zero attached hydrogens (tertiary/aromatic N) is 4. The number of hydrogen-bond donors (Lipinski definition) is 1. The fourth-order valence-corrected chi connectivity index (χ4v) is 3.63. The summed E-state index contributed by atoms with van der Waals surface area (Å²) in [5.74, 6) is 0.638. The summed E-state index contributed by atoms with van der Waals surface area (Å²) in [4.78, 5) is 24.9. The molecule has 1 aromatic heterocycles. The third-order valence-corrected chi connectivity index (χ3v) is 4.84. The van der Waals surface area contributed by atoms with E-state index in [2.05, 4.69) is 14.9 Å². The van der Waals surface area contributed by atoms with Crippen LogP contribution >= 0.6 is 11.6 Å². The highest BCUT2D eigenvalue weighted by molar-refractivity contribution is 6.30. The number of amides is 1. The van der Waals surface area contributed by atoms with Crippen LogP contribution in [-0.4, -0.2) is 63.4 Å². The maximum absolute atomic E-state index is 12.4. The molecule has 2 aliphatic rings. The first-order valence-electron chi connectivity index (χ1n) is 8.74. The van der Waals surface area contributed by atoms with E-state index in [1.54, 1.807) is 26.2 Å². The number of ether oxygens (including phenoxy) is 1. The van der Waals surface area contributed by atoms with Crippen LogP contribution < -0.4 is 4.90 Å². The Balaban J connectivity index is 1.60. The Morgan fingerprint density at radius 2 is 2.04 bits per heavy atom. The third-order valence-electron chi connectivity index (χ3n) is 4.65. The fourth-order valence-electron chi connectivity index (χ4n) is 3.54. The second-order valence-corrected chi connectivity index (χ2v) is 7.88. The first kappa shape index (κ1) is 18.2. The molecular formula is C17H25ClN4O3. The van der Waals surface area contributed by atoms with Crippen LogP contribution in [0.4, 0.5) is 10.7 Å². The highest BCUT2D eigenvalue weighted by Gasteiger charge is 2.36. The van der Waals surface area contributed by atoms with Gasteiger partial charge in [0.15, 0.2) is 0 Å². The number of hydrogen-bond acceptors (Lipinski definition) is 6. The Kier molecular flexibility index (Phi) is 5.34. The summed E-state index contributed by atoms with van der Waals surface area (Å²) in [5, 5.41) is 10.4. The minimum absolute atomic E-state index is 0.0867. The lowest BCUT2D eigenvalue weighted by Gasteiger charge is -2.42. The normalized spacial score (nSPS) is 25.0. The van der Waals surface area contributed by atoms with Crippen molar-refractivity contribution in [3.63, 3.8) is 0 Å². The van der Waals surface area contributed by atoms with Crippen molar-refractivity contribution in [2.24, 2.45) is 0 Å². The van der Waals surface area contributed by atoms with Gasteiger partial charge in [-0.2, -0.15) is 0 Å². The van der Waals surface area contributed by atoms with Gasteiger partial charge >= 0.3 is 6.09 Å². The van der Waals surface area contributed by atoms with E-state index in [0.29, 0.717) is 30.5 Å². The largest absolute Gasteiger partial charge is 0.446 e. The summed E-state index contributed by atoms with van der Waals surface area (Å²) < 4.78 is 5.54. The van der Waals surface area contributed by atoms with Crippen LogP contribution in [0.3, 0.4) is 0 Å². The van der Waals surface area contributed by atoms with E-state index in [9.17, 15) is 9.90 Å². The predicted octanol–water partition coefficient (Wildman–Crippen LogP) is 2.47. The smallest absolute Gasteiger partial charge is 0.410 e. The summed E-state index contributed by atoms with van der Waals surface area (Å²) in [5.41, 5.74) is -0.833. The van der Waals surface area contributed by atoms with Gasteiger partial charge in [0.25, 0.3) is 0 Å². The Morgan fingerprint density at radius 3 is 2.68 bits per heavy atom. The molecule has 0 bridgehead atoms. The molecule has 0 saturated carbocycles. The minimum Gasteiger partial charge on any atom is -0.446 e. The van der Waals surface area contributed by atoms with E-state index in [-0.39, 0.29) is 18.2 Å². The highest BCUT2D eigenvalue weighted by Crippen LogP contribution is 2.26. The van der Waals surface area contributed by atoms with Crippen molar-refractivity contribution >= 4 is 23.6 Å². The van der Waals surface area contributed by atoms with Crippen LogP contribution in [0.1, 0.15) is 39.5 Å². The molecule has 138 valence electrons. The number of piperidine rings is 1. The van der Waals surface area contributed by atoms with Crippen LogP contribution in [0.25, 0.3) is 0 Å². The quantitative estimate of drug-likeness (QED) is 0.879. The molecule has 3 heterocycles. The number of aromatic nitrogens is 2. The average molecular weight is 369 g/mol. The minimum atomic E-state index is -0.833. The second kappa shape index (κ2) is 7.33. The Morgan fingerprint density at radius 1 is 1.32 bits per heavy atom. The molecule has 8 heteroatoms. The van der Waals surface area contributed by atoms with Gasteiger partial charge in [-0.15, -0.1) is 0 Å². The lowest BCUT2D eigenvalue weighted by atomic mass is 9.97. The topological polar surface area (TPSA) is 78.8 Å². The number of anilines is 1. The van der Waals surface area contributed by atoms with Crippen LogP contribution in [0.15, 0.2) is 12.4 Å². The molecule has 25 heavy (non-hydrogen) atoms. The maximum atomic E-state index is 12.4. The van der Waals surface area contributed by atoms with Gasteiger partial charge in [0, 0.05) is 32.5 Å². The van der Waals surface area contributed by atoms with Crippen molar-refractivity contribution in [1.29, 1.82) is 0 Å². The van der Waals surface area contributed by atoms with Crippen LogP contribution in [0, 0.1) is 0 Å². The van der Waals surface area contributed by atoms with Crippen molar-refractivity contribution in [2.45, 2.75) is 57.3 Å². The molecule has 0 radical (unpaired) electrons. The zero-order valence-corrected chi connectivity index (χ0v) is 15.4. The van der Waals surface area contributed by atoms with Crippen molar-refractivity contribution in [3.8, 4) is 0 Å². The zero-order valence-electron chi connectivity index (χ0n) is 14.7. The molecule has 0 aliphatic carbocycles. The molecule has 1 aromatic rings. The molecule has 2 saturated heterocycles. The monoisotopic (exact) mass is 368 g/mol. The molecule has 2 aliphatic heterocycles. The molecule has 2 fully saturated rings. The first-order chi connectivity index (χ1) is 11.8. The van der Waals surface area contributed by atoms with Gasteiger partial charge in [0.2, 0.25) is 5.95 Å². The molecule has 1 N–H and O–H groups in total. The number of halogens is 1. The third kappa shape index (κ3) is 4.73. The predicted molar refractivity (Wildman–Crippen MR) is 94.8 cm³/mol. The van der Waals surface area contributed by atoms with E-state index in [0.717, 1.165) is 25.8 Å². The lowest BCUT2D eigenvalue weighted by Crippen LogP contribution is -2.54. The SMILES string of the molecule is CC(C)(O)CC1CCN(C2CCCN(c3ncc(Cl)cn3)C2)C(=O)O1. The van der Waals surface area contributed by atoms with Gasteiger partial charge in [0.05, 0.1) is 29.1 Å². The number of rotatable bonds is 4. The molecular weight excluding hydrogens is 344 g/mol. The number of carbonyl (C=O) groups excluding carboxylic acids is 1. The van der Waals surface area contributed by atoms with Crippen LogP contribution in [0.5, 0.6) is 0 Å². The molecule has 7 nitrogen and oxygen atoms in total. The van der Waals surface area contributed by atoms with Crippen molar-refractivity contribution < 1.29 is 14.6 Å². The second-order valence-electron chi connectivity index (χ2n) is 7.45. The molecule has 1 amide bonds. The fraction of sp³-hybridized carbons (Fsp3) is 0.706. The van der Waals surface area contributed by atoms with Crippen molar-refractivity contribution in [2.75, 3.05) is 24.5 Å². The molecule has 2 atom stereocenters. The number of aliphatic hydroxyl groups is 1. The van der Waals surface area contributed by atoms with Crippen LogP contribution in [0.2, 0.25) is 5.02 Å². The molecule has 3 rings (SSSR count). The Hall–Kier alpha value is -1.60. The van der Waals surface area contributed by atoms with Crippen molar-refractivity contribution in [3.05, 3.63) is 17.4 Å². The van der Waals surface area contributed by atoms with E-state index < -0.39 is 5.60 Å². The summed E-state index contributed by atoms with van der Waals surface area (Å²) >= 11 is 5.85.